The quantitative estimate of drug-likeness (QED) is 0.904. The highest BCUT2D eigenvalue weighted by molar-refractivity contribution is 5.78. The molecule has 0 aromatic heterocycles. The number of amides is 1. The van der Waals surface area contributed by atoms with Gasteiger partial charge in [-0.05, 0) is 42.7 Å². The monoisotopic (exact) mass is 342 g/mol. The summed E-state index contributed by atoms with van der Waals surface area (Å²) in [6.07, 6.45) is 2.05. The number of methoxy groups -OCH3 is 1. The summed E-state index contributed by atoms with van der Waals surface area (Å²) in [5.74, 6) is 0.588. The van der Waals surface area contributed by atoms with Crippen LogP contribution in [0.3, 0.4) is 0 Å². The van der Waals surface area contributed by atoms with Crippen molar-refractivity contribution in [2.24, 2.45) is 0 Å². The van der Waals surface area contributed by atoms with Gasteiger partial charge in [0.25, 0.3) is 0 Å². The van der Waals surface area contributed by atoms with Gasteiger partial charge in [0.05, 0.1) is 13.5 Å². The number of ether oxygens (including phenoxy) is 1. The Labute approximate surface area is 147 Å². The number of rotatable bonds is 5. The van der Waals surface area contributed by atoms with Gasteiger partial charge in [-0.15, -0.1) is 0 Å². The van der Waals surface area contributed by atoms with E-state index in [0.29, 0.717) is 6.04 Å². The molecule has 1 aliphatic heterocycles. The van der Waals surface area contributed by atoms with Crippen molar-refractivity contribution >= 4 is 11.6 Å². The molecule has 0 bridgehead atoms. The van der Waals surface area contributed by atoms with E-state index in [0.717, 1.165) is 42.9 Å². The van der Waals surface area contributed by atoms with Crippen LogP contribution in [0.1, 0.15) is 18.4 Å². The van der Waals surface area contributed by atoms with Gasteiger partial charge in [-0.2, -0.15) is 0 Å². The molecule has 0 aliphatic carbocycles. The van der Waals surface area contributed by atoms with Crippen molar-refractivity contribution in [3.05, 3.63) is 59.9 Å². The maximum Gasteiger partial charge on any atom is 0.226 e. The van der Waals surface area contributed by atoms with Crippen LogP contribution in [0.15, 0.2) is 48.5 Å². The molecule has 3 rings (SSSR count). The number of carbonyl (C=O) groups excluding carboxylic acids is 1. The Kier molecular flexibility index (Phi) is 5.53. The van der Waals surface area contributed by atoms with Crippen LogP contribution in [-0.4, -0.2) is 37.0 Å². The molecule has 2 aromatic carbocycles. The molecule has 0 radical (unpaired) electrons. The number of benzene rings is 2. The van der Waals surface area contributed by atoms with Crippen LogP contribution in [0, 0.1) is 5.82 Å². The van der Waals surface area contributed by atoms with Gasteiger partial charge in [0.2, 0.25) is 5.91 Å². The van der Waals surface area contributed by atoms with Gasteiger partial charge in [0.15, 0.2) is 0 Å². The van der Waals surface area contributed by atoms with Crippen LogP contribution < -0.4 is 10.1 Å². The number of nitrogens with zero attached hydrogens (tertiary/aromatic N) is 1. The fourth-order valence-corrected chi connectivity index (χ4v) is 3.16. The molecule has 0 atom stereocenters. The Morgan fingerprint density at radius 2 is 1.96 bits per heavy atom. The van der Waals surface area contributed by atoms with E-state index in [-0.39, 0.29) is 18.1 Å². The normalized spacial score (nSPS) is 15.0. The minimum Gasteiger partial charge on any atom is -0.497 e. The number of hydrogen-bond acceptors (Lipinski definition) is 3. The molecule has 2 aromatic rings. The summed E-state index contributed by atoms with van der Waals surface area (Å²) in [5.41, 5.74) is 1.76. The van der Waals surface area contributed by atoms with Gasteiger partial charge in [-0.25, -0.2) is 4.39 Å². The molecule has 0 unspecified atom stereocenters. The van der Waals surface area contributed by atoms with Gasteiger partial charge in [0, 0.05) is 30.9 Å². The van der Waals surface area contributed by atoms with E-state index in [1.165, 1.54) is 12.1 Å². The Morgan fingerprint density at radius 1 is 1.20 bits per heavy atom. The van der Waals surface area contributed by atoms with Crippen molar-refractivity contribution in [3.8, 4) is 5.75 Å². The summed E-state index contributed by atoms with van der Waals surface area (Å²) >= 11 is 0. The van der Waals surface area contributed by atoms with Crippen molar-refractivity contribution in [1.82, 2.24) is 4.90 Å². The highest BCUT2D eigenvalue weighted by atomic mass is 19.1. The largest absolute Gasteiger partial charge is 0.497 e. The van der Waals surface area contributed by atoms with E-state index in [2.05, 4.69) is 5.32 Å². The minimum absolute atomic E-state index is 0.0606. The molecule has 1 heterocycles. The number of carbonyl (C=O) groups is 1. The first kappa shape index (κ1) is 17.3. The van der Waals surface area contributed by atoms with E-state index >= 15 is 0 Å². The Hall–Kier alpha value is -2.56. The van der Waals surface area contributed by atoms with Crippen LogP contribution in [-0.2, 0) is 11.2 Å². The molecule has 1 fully saturated rings. The Bertz CT molecular complexity index is 727. The fourth-order valence-electron chi connectivity index (χ4n) is 3.16. The first-order valence-electron chi connectivity index (χ1n) is 8.57. The molecule has 1 amide bonds. The second-order valence-electron chi connectivity index (χ2n) is 6.34. The highest BCUT2D eigenvalue weighted by Gasteiger charge is 2.22. The molecule has 4 nitrogen and oxygen atoms in total. The minimum atomic E-state index is -0.300. The van der Waals surface area contributed by atoms with Crippen molar-refractivity contribution in [2.75, 3.05) is 25.5 Å². The second-order valence-corrected chi connectivity index (χ2v) is 6.34. The number of piperidine rings is 1. The maximum absolute atomic E-state index is 13.2. The predicted octanol–water partition coefficient (Wildman–Crippen LogP) is 3.48. The third kappa shape index (κ3) is 4.72. The number of halogens is 1. The first-order chi connectivity index (χ1) is 12.1. The topological polar surface area (TPSA) is 41.6 Å². The Balaban J connectivity index is 1.50. The SMILES string of the molecule is COc1cccc(NC2CCN(C(=O)Cc3cccc(F)c3)CC2)c1. The highest BCUT2D eigenvalue weighted by Crippen LogP contribution is 2.21. The molecule has 25 heavy (non-hydrogen) atoms. The average molecular weight is 342 g/mol. The summed E-state index contributed by atoms with van der Waals surface area (Å²) in [7, 11) is 1.65. The molecule has 1 N–H and O–H groups in total. The lowest BCUT2D eigenvalue weighted by molar-refractivity contribution is -0.131. The lowest BCUT2D eigenvalue weighted by Gasteiger charge is -2.33. The van der Waals surface area contributed by atoms with Gasteiger partial charge < -0.3 is 15.0 Å². The zero-order chi connectivity index (χ0) is 17.6. The number of anilines is 1. The van der Waals surface area contributed by atoms with E-state index < -0.39 is 0 Å². The molecule has 1 aliphatic rings. The van der Waals surface area contributed by atoms with Crippen LogP contribution >= 0.6 is 0 Å². The van der Waals surface area contributed by atoms with Gasteiger partial charge in [0.1, 0.15) is 11.6 Å². The summed E-state index contributed by atoms with van der Waals surface area (Å²) in [6.45, 7) is 1.44. The first-order valence-corrected chi connectivity index (χ1v) is 8.57. The standard InChI is InChI=1S/C20H23FN2O2/c1-25-19-7-3-6-18(14-19)22-17-8-10-23(11-9-17)20(24)13-15-4-2-5-16(21)12-15/h2-7,12,14,17,22H,8-11,13H2,1H3. The average Bonchev–Trinajstić information content (AvgIpc) is 2.62. The van der Waals surface area contributed by atoms with Crippen LogP contribution in [0.4, 0.5) is 10.1 Å². The maximum atomic E-state index is 13.2. The second kappa shape index (κ2) is 8.01. The third-order valence-electron chi connectivity index (χ3n) is 4.53. The number of likely N-dealkylation sites (tertiary alicyclic amines) is 1. The lowest BCUT2D eigenvalue weighted by Crippen LogP contribution is -2.43. The molecule has 132 valence electrons. The third-order valence-corrected chi connectivity index (χ3v) is 4.53. The Morgan fingerprint density at radius 3 is 2.68 bits per heavy atom. The van der Waals surface area contributed by atoms with E-state index in [9.17, 15) is 9.18 Å². The van der Waals surface area contributed by atoms with E-state index in [1.54, 1.807) is 19.2 Å². The number of hydrogen-bond donors (Lipinski definition) is 1. The van der Waals surface area contributed by atoms with E-state index in [4.69, 9.17) is 4.74 Å². The smallest absolute Gasteiger partial charge is 0.226 e. The summed E-state index contributed by atoms with van der Waals surface area (Å²) in [6, 6.07) is 14.5. The van der Waals surface area contributed by atoms with Gasteiger partial charge in [-0.1, -0.05) is 18.2 Å². The van der Waals surface area contributed by atoms with E-state index in [1.807, 2.05) is 29.2 Å². The van der Waals surface area contributed by atoms with Crippen LogP contribution in [0.5, 0.6) is 5.75 Å². The van der Waals surface area contributed by atoms with Crippen molar-refractivity contribution in [2.45, 2.75) is 25.3 Å². The molecule has 1 saturated heterocycles. The van der Waals surface area contributed by atoms with Crippen molar-refractivity contribution < 1.29 is 13.9 Å². The zero-order valence-corrected chi connectivity index (χ0v) is 14.4. The predicted molar refractivity (Wildman–Crippen MR) is 96.3 cm³/mol. The number of nitrogens with one attached hydrogen (secondary N) is 1. The fraction of sp³-hybridized carbons (Fsp3) is 0.350. The van der Waals surface area contributed by atoms with Crippen LogP contribution in [0.25, 0.3) is 0 Å². The summed E-state index contributed by atoms with van der Waals surface area (Å²) < 4.78 is 18.5. The molecule has 5 heteroatoms. The zero-order valence-electron chi connectivity index (χ0n) is 14.4. The van der Waals surface area contributed by atoms with Gasteiger partial charge in [-0.3, -0.25) is 4.79 Å². The van der Waals surface area contributed by atoms with Crippen molar-refractivity contribution in [1.29, 1.82) is 0 Å². The molecule has 0 spiro atoms. The van der Waals surface area contributed by atoms with Crippen molar-refractivity contribution in [3.63, 3.8) is 0 Å². The lowest BCUT2D eigenvalue weighted by atomic mass is 10.0. The molecular weight excluding hydrogens is 319 g/mol. The summed E-state index contributed by atoms with van der Waals surface area (Å²) in [4.78, 5) is 14.3. The summed E-state index contributed by atoms with van der Waals surface area (Å²) in [5, 5.41) is 3.50. The van der Waals surface area contributed by atoms with Crippen LogP contribution in [0.2, 0.25) is 0 Å². The van der Waals surface area contributed by atoms with Gasteiger partial charge >= 0.3 is 0 Å². The molecule has 0 saturated carbocycles. The molecular formula is C20H23FN2O2.